The second kappa shape index (κ2) is 15.6. The predicted octanol–water partition coefficient (Wildman–Crippen LogP) is 6.43. The van der Waals surface area contributed by atoms with Crippen molar-refractivity contribution in [1.82, 2.24) is 0 Å². The van der Waals surface area contributed by atoms with Gasteiger partial charge in [-0.1, -0.05) is 65.7 Å². The Morgan fingerprint density at radius 3 is 2.20 bits per heavy atom. The molecule has 0 N–H and O–H groups in total. The van der Waals surface area contributed by atoms with Crippen LogP contribution in [0.2, 0.25) is 0 Å². The first-order valence-electron chi connectivity index (χ1n) is 9.02. The lowest BCUT2D eigenvalue weighted by molar-refractivity contribution is 0.126. The average Bonchev–Trinajstić information content (AvgIpc) is 2.52. The summed E-state index contributed by atoms with van der Waals surface area (Å²) >= 11 is 6.07. The zero-order valence-corrected chi connectivity index (χ0v) is 14.9. The van der Waals surface area contributed by atoms with Crippen molar-refractivity contribution in [3.05, 3.63) is 0 Å². The van der Waals surface area contributed by atoms with Crippen LogP contribution in [0, 0.1) is 11.8 Å². The summed E-state index contributed by atoms with van der Waals surface area (Å²) in [6.45, 7) is 8.12. The van der Waals surface area contributed by atoms with Crippen LogP contribution in [0.1, 0.15) is 85.0 Å². The number of hydrogen-bond acceptors (Lipinski definition) is 1. The van der Waals surface area contributed by atoms with Gasteiger partial charge in [0.15, 0.2) is 0 Å². The highest BCUT2D eigenvalue weighted by atomic mass is 35.5. The monoisotopic (exact) mass is 304 g/mol. The molecular weight excluding hydrogens is 268 g/mol. The van der Waals surface area contributed by atoms with Crippen LogP contribution < -0.4 is 0 Å². The molecule has 0 bridgehead atoms. The van der Waals surface area contributed by atoms with Crippen LogP contribution in [-0.2, 0) is 4.74 Å². The van der Waals surface area contributed by atoms with Gasteiger partial charge in [-0.2, -0.15) is 0 Å². The van der Waals surface area contributed by atoms with Crippen molar-refractivity contribution in [3.8, 4) is 0 Å². The van der Waals surface area contributed by atoms with E-state index >= 15 is 0 Å². The minimum Gasteiger partial charge on any atom is -0.381 e. The Kier molecular flexibility index (Phi) is 15.8. The molecule has 0 saturated heterocycles. The smallest absolute Gasteiger partial charge is 0.0466 e. The molecule has 2 unspecified atom stereocenters. The van der Waals surface area contributed by atoms with Crippen molar-refractivity contribution >= 4 is 11.6 Å². The lowest BCUT2D eigenvalue weighted by Gasteiger charge is -2.30. The van der Waals surface area contributed by atoms with Gasteiger partial charge in [-0.05, 0) is 31.1 Å². The molecular formula is C18H37ClO. The number of alkyl halides is 1. The SMILES string of the molecule is CC.CCCCOCCCCCC1CCCCC1CCl. The number of halogens is 1. The van der Waals surface area contributed by atoms with E-state index in [1.165, 1.54) is 64.2 Å². The van der Waals surface area contributed by atoms with Crippen LogP contribution >= 0.6 is 11.6 Å². The molecule has 1 nitrogen and oxygen atoms in total. The highest BCUT2D eigenvalue weighted by molar-refractivity contribution is 6.18. The van der Waals surface area contributed by atoms with Gasteiger partial charge in [-0.3, -0.25) is 0 Å². The first kappa shape index (κ1) is 20.2. The zero-order chi connectivity index (χ0) is 15.1. The van der Waals surface area contributed by atoms with Crippen molar-refractivity contribution in [2.45, 2.75) is 85.0 Å². The van der Waals surface area contributed by atoms with Crippen LogP contribution in [0.3, 0.4) is 0 Å². The number of rotatable bonds is 10. The number of unbranched alkanes of at least 4 members (excludes halogenated alkanes) is 3. The van der Waals surface area contributed by atoms with Gasteiger partial charge in [0.25, 0.3) is 0 Å². The number of hydrogen-bond donors (Lipinski definition) is 0. The highest BCUT2D eigenvalue weighted by Crippen LogP contribution is 2.34. The lowest BCUT2D eigenvalue weighted by atomic mass is 9.77. The quantitative estimate of drug-likeness (QED) is 0.333. The molecule has 0 aliphatic heterocycles. The van der Waals surface area contributed by atoms with E-state index in [-0.39, 0.29) is 0 Å². The average molecular weight is 305 g/mol. The fourth-order valence-electron chi connectivity index (χ4n) is 3.00. The fourth-order valence-corrected chi connectivity index (χ4v) is 3.41. The second-order valence-electron chi connectivity index (χ2n) is 5.77. The molecule has 0 aromatic heterocycles. The van der Waals surface area contributed by atoms with Gasteiger partial charge in [0.2, 0.25) is 0 Å². The molecule has 2 heteroatoms. The molecule has 1 fully saturated rings. The third kappa shape index (κ3) is 10.0. The van der Waals surface area contributed by atoms with Crippen molar-refractivity contribution in [1.29, 1.82) is 0 Å². The van der Waals surface area contributed by atoms with E-state index in [4.69, 9.17) is 16.3 Å². The standard InChI is InChI=1S/C16H31ClO.C2H6/c1-2-3-12-18-13-8-4-5-9-15-10-6-7-11-16(15)14-17;1-2/h15-16H,2-14H2,1H3;1-2H3. The van der Waals surface area contributed by atoms with Gasteiger partial charge < -0.3 is 4.74 Å². The van der Waals surface area contributed by atoms with Crippen LogP contribution in [0.25, 0.3) is 0 Å². The summed E-state index contributed by atoms with van der Waals surface area (Å²) in [5, 5.41) is 0. The van der Waals surface area contributed by atoms with E-state index in [2.05, 4.69) is 6.92 Å². The predicted molar refractivity (Wildman–Crippen MR) is 91.7 cm³/mol. The molecule has 1 rings (SSSR count). The maximum atomic E-state index is 6.07. The summed E-state index contributed by atoms with van der Waals surface area (Å²) in [7, 11) is 0. The fraction of sp³-hybridized carbons (Fsp3) is 1.00. The first-order chi connectivity index (χ1) is 9.88. The Morgan fingerprint density at radius 2 is 1.55 bits per heavy atom. The summed E-state index contributed by atoms with van der Waals surface area (Å²) < 4.78 is 5.59. The normalized spacial score (nSPS) is 22.2. The Labute approximate surface area is 132 Å². The Morgan fingerprint density at radius 1 is 0.900 bits per heavy atom. The topological polar surface area (TPSA) is 9.23 Å². The molecule has 20 heavy (non-hydrogen) atoms. The molecule has 1 aliphatic carbocycles. The summed E-state index contributed by atoms with van der Waals surface area (Å²) in [5.74, 6) is 2.60. The summed E-state index contributed by atoms with van der Waals surface area (Å²) in [6, 6.07) is 0. The van der Waals surface area contributed by atoms with Crippen molar-refractivity contribution in [3.63, 3.8) is 0 Å². The van der Waals surface area contributed by atoms with E-state index in [1.807, 2.05) is 13.8 Å². The molecule has 0 radical (unpaired) electrons. The highest BCUT2D eigenvalue weighted by Gasteiger charge is 2.23. The third-order valence-corrected chi connectivity index (χ3v) is 4.67. The van der Waals surface area contributed by atoms with Gasteiger partial charge in [0.1, 0.15) is 0 Å². The molecule has 1 aliphatic rings. The maximum absolute atomic E-state index is 6.07. The second-order valence-corrected chi connectivity index (χ2v) is 6.08. The van der Waals surface area contributed by atoms with Crippen LogP contribution in [0.15, 0.2) is 0 Å². The Balaban J connectivity index is 0.00000172. The molecule has 2 atom stereocenters. The molecule has 0 aromatic carbocycles. The third-order valence-electron chi connectivity index (χ3n) is 4.27. The molecule has 0 aromatic rings. The van der Waals surface area contributed by atoms with Crippen LogP contribution in [0.5, 0.6) is 0 Å². The van der Waals surface area contributed by atoms with E-state index in [9.17, 15) is 0 Å². The van der Waals surface area contributed by atoms with E-state index < -0.39 is 0 Å². The largest absolute Gasteiger partial charge is 0.381 e. The van der Waals surface area contributed by atoms with Crippen LogP contribution in [-0.4, -0.2) is 19.1 Å². The Hall–Kier alpha value is 0.250. The summed E-state index contributed by atoms with van der Waals surface area (Å²) in [4.78, 5) is 0. The van der Waals surface area contributed by atoms with Crippen molar-refractivity contribution in [2.24, 2.45) is 11.8 Å². The molecule has 122 valence electrons. The minimum absolute atomic E-state index is 0.807. The minimum atomic E-state index is 0.807. The molecule has 0 amide bonds. The van der Waals surface area contributed by atoms with Gasteiger partial charge in [-0.15, -0.1) is 11.6 Å². The maximum Gasteiger partial charge on any atom is 0.0466 e. The first-order valence-corrected chi connectivity index (χ1v) is 9.55. The lowest BCUT2D eigenvalue weighted by Crippen LogP contribution is -2.20. The van der Waals surface area contributed by atoms with Gasteiger partial charge in [0.05, 0.1) is 0 Å². The van der Waals surface area contributed by atoms with Gasteiger partial charge >= 0.3 is 0 Å². The van der Waals surface area contributed by atoms with Gasteiger partial charge in [0, 0.05) is 19.1 Å². The summed E-state index contributed by atoms with van der Waals surface area (Å²) in [6.07, 6.45) is 13.4. The van der Waals surface area contributed by atoms with Crippen LogP contribution in [0.4, 0.5) is 0 Å². The molecule has 0 heterocycles. The molecule has 1 saturated carbocycles. The number of ether oxygens (including phenoxy) is 1. The van der Waals surface area contributed by atoms with E-state index in [1.54, 1.807) is 0 Å². The van der Waals surface area contributed by atoms with Crippen molar-refractivity contribution in [2.75, 3.05) is 19.1 Å². The van der Waals surface area contributed by atoms with E-state index in [0.717, 1.165) is 30.9 Å². The van der Waals surface area contributed by atoms with E-state index in [0.29, 0.717) is 0 Å². The van der Waals surface area contributed by atoms with Crippen molar-refractivity contribution < 1.29 is 4.74 Å². The summed E-state index contributed by atoms with van der Waals surface area (Å²) in [5.41, 5.74) is 0. The molecule has 0 spiro atoms. The van der Waals surface area contributed by atoms with Gasteiger partial charge in [-0.25, -0.2) is 0 Å². The Bertz CT molecular complexity index is 184. The zero-order valence-electron chi connectivity index (χ0n) is 14.1.